The van der Waals surface area contributed by atoms with E-state index >= 15 is 0 Å². The van der Waals surface area contributed by atoms with Crippen LogP contribution in [0.15, 0.2) is 6.20 Å². The fourth-order valence-electron chi connectivity index (χ4n) is 2.70. The van der Waals surface area contributed by atoms with Crippen LogP contribution in [0.1, 0.15) is 36.9 Å². The maximum atomic E-state index is 12.3. The van der Waals surface area contributed by atoms with Crippen LogP contribution in [-0.2, 0) is 18.4 Å². The number of nitrogens with one attached hydrogen (secondary N) is 1. The number of carbonyl (C=O) groups excluding carboxylic acids is 1. The summed E-state index contributed by atoms with van der Waals surface area (Å²) in [5.74, 6) is -0.926. The third kappa shape index (κ3) is 3.74. The number of aliphatic carboxylic acids is 1. The predicted octanol–water partition coefficient (Wildman–Crippen LogP) is 1.27. The number of hydrogen-bond donors (Lipinski definition) is 2. The zero-order chi connectivity index (χ0) is 15.4. The molecule has 1 unspecified atom stereocenters. The zero-order valence-electron chi connectivity index (χ0n) is 12.5. The van der Waals surface area contributed by atoms with Crippen molar-refractivity contribution >= 4 is 12.0 Å². The standard InChI is InChI=1S/C14H22N4O3/c1-10-11(9-17(2)16-10)8-15-14(21)18-7-5-3-4-6-12(18)13(19)20/h9,12H,3-8H2,1-2H3,(H,15,21)(H,19,20). The number of aryl methyl sites for hydroxylation is 2. The Bertz CT molecular complexity index is 526. The minimum atomic E-state index is -0.926. The summed E-state index contributed by atoms with van der Waals surface area (Å²) in [7, 11) is 1.83. The fourth-order valence-corrected chi connectivity index (χ4v) is 2.70. The van der Waals surface area contributed by atoms with E-state index in [1.165, 1.54) is 4.90 Å². The molecule has 1 aliphatic heterocycles. The monoisotopic (exact) mass is 294 g/mol. The molecule has 2 amide bonds. The Kier molecular flexibility index (Phi) is 4.82. The van der Waals surface area contributed by atoms with Crippen molar-refractivity contribution in [3.05, 3.63) is 17.5 Å². The fraction of sp³-hybridized carbons (Fsp3) is 0.643. The molecule has 0 bridgehead atoms. The van der Waals surface area contributed by atoms with Gasteiger partial charge in [0.2, 0.25) is 0 Å². The van der Waals surface area contributed by atoms with Gasteiger partial charge >= 0.3 is 12.0 Å². The van der Waals surface area contributed by atoms with E-state index in [2.05, 4.69) is 10.4 Å². The van der Waals surface area contributed by atoms with E-state index in [1.54, 1.807) is 4.68 Å². The van der Waals surface area contributed by atoms with E-state index < -0.39 is 12.0 Å². The number of hydrogen-bond acceptors (Lipinski definition) is 3. The lowest BCUT2D eigenvalue weighted by Crippen LogP contribution is -2.49. The molecule has 2 rings (SSSR count). The van der Waals surface area contributed by atoms with Crippen LogP contribution in [0, 0.1) is 6.92 Å². The van der Waals surface area contributed by atoms with Crippen LogP contribution >= 0.6 is 0 Å². The molecule has 2 heterocycles. The number of carboxylic acids is 1. The summed E-state index contributed by atoms with van der Waals surface area (Å²) < 4.78 is 1.70. The third-order valence-corrected chi connectivity index (χ3v) is 3.84. The van der Waals surface area contributed by atoms with Gasteiger partial charge in [-0.15, -0.1) is 0 Å². The average molecular weight is 294 g/mol. The molecule has 0 aliphatic carbocycles. The van der Waals surface area contributed by atoms with E-state index in [0.717, 1.165) is 30.5 Å². The Labute approximate surface area is 123 Å². The molecule has 1 fully saturated rings. The summed E-state index contributed by atoms with van der Waals surface area (Å²) in [6.45, 7) is 2.74. The van der Waals surface area contributed by atoms with Gasteiger partial charge in [0, 0.05) is 31.9 Å². The number of rotatable bonds is 3. The summed E-state index contributed by atoms with van der Waals surface area (Å²) in [5, 5.41) is 16.3. The largest absolute Gasteiger partial charge is 0.480 e. The number of likely N-dealkylation sites (tertiary alicyclic amines) is 1. The molecule has 0 spiro atoms. The summed E-state index contributed by atoms with van der Waals surface area (Å²) in [6, 6.07) is -1.03. The molecule has 2 N–H and O–H groups in total. The second kappa shape index (κ2) is 6.60. The highest BCUT2D eigenvalue weighted by molar-refractivity contribution is 5.82. The molecule has 7 heteroatoms. The number of amides is 2. The minimum absolute atomic E-state index is 0.312. The Morgan fingerprint density at radius 2 is 2.19 bits per heavy atom. The van der Waals surface area contributed by atoms with Crippen molar-refractivity contribution in [1.82, 2.24) is 20.0 Å². The zero-order valence-corrected chi connectivity index (χ0v) is 12.5. The first-order valence-electron chi connectivity index (χ1n) is 7.25. The molecule has 0 aromatic carbocycles. The third-order valence-electron chi connectivity index (χ3n) is 3.84. The second-order valence-electron chi connectivity index (χ2n) is 5.47. The summed E-state index contributed by atoms with van der Waals surface area (Å²) in [5.41, 5.74) is 1.80. The van der Waals surface area contributed by atoms with Crippen LogP contribution in [0.4, 0.5) is 4.79 Å². The Morgan fingerprint density at radius 3 is 2.81 bits per heavy atom. The molecule has 116 valence electrons. The van der Waals surface area contributed by atoms with Crippen molar-refractivity contribution in [2.24, 2.45) is 7.05 Å². The minimum Gasteiger partial charge on any atom is -0.480 e. The van der Waals surface area contributed by atoms with E-state index in [-0.39, 0.29) is 6.03 Å². The topological polar surface area (TPSA) is 87.5 Å². The van der Waals surface area contributed by atoms with Gasteiger partial charge in [0.25, 0.3) is 0 Å². The van der Waals surface area contributed by atoms with Gasteiger partial charge in [0.15, 0.2) is 0 Å². The molecular weight excluding hydrogens is 272 g/mol. The van der Waals surface area contributed by atoms with E-state index in [4.69, 9.17) is 0 Å². The van der Waals surface area contributed by atoms with Gasteiger partial charge < -0.3 is 15.3 Å². The van der Waals surface area contributed by atoms with Gasteiger partial charge in [-0.3, -0.25) is 4.68 Å². The van der Waals surface area contributed by atoms with Gasteiger partial charge in [-0.2, -0.15) is 5.10 Å². The predicted molar refractivity (Wildman–Crippen MR) is 76.8 cm³/mol. The molecule has 1 atom stereocenters. The van der Waals surface area contributed by atoms with Crippen LogP contribution in [0.5, 0.6) is 0 Å². The van der Waals surface area contributed by atoms with Crippen molar-refractivity contribution in [3.8, 4) is 0 Å². The smallest absolute Gasteiger partial charge is 0.326 e. The van der Waals surface area contributed by atoms with Gasteiger partial charge in [-0.25, -0.2) is 9.59 Å². The number of urea groups is 1. The normalized spacial score (nSPS) is 19.1. The van der Waals surface area contributed by atoms with Gasteiger partial charge in [0.1, 0.15) is 6.04 Å². The van der Waals surface area contributed by atoms with E-state index in [9.17, 15) is 14.7 Å². The van der Waals surface area contributed by atoms with Crippen LogP contribution in [0.2, 0.25) is 0 Å². The molecule has 0 saturated carbocycles. The first-order chi connectivity index (χ1) is 9.99. The van der Waals surface area contributed by atoms with Crippen molar-refractivity contribution in [2.75, 3.05) is 6.54 Å². The van der Waals surface area contributed by atoms with Crippen LogP contribution in [0.3, 0.4) is 0 Å². The Hall–Kier alpha value is -2.05. The first-order valence-corrected chi connectivity index (χ1v) is 7.25. The molecule has 7 nitrogen and oxygen atoms in total. The highest BCUT2D eigenvalue weighted by atomic mass is 16.4. The molecule has 1 aromatic rings. The Balaban J connectivity index is 2.00. The van der Waals surface area contributed by atoms with Crippen LogP contribution in [0.25, 0.3) is 0 Å². The lowest BCUT2D eigenvalue weighted by Gasteiger charge is -2.27. The van der Waals surface area contributed by atoms with Gasteiger partial charge in [-0.05, 0) is 19.8 Å². The van der Waals surface area contributed by atoms with Gasteiger partial charge in [-0.1, -0.05) is 12.8 Å². The quantitative estimate of drug-likeness (QED) is 0.878. The molecule has 1 saturated heterocycles. The average Bonchev–Trinajstić information content (AvgIpc) is 2.65. The maximum Gasteiger partial charge on any atom is 0.326 e. The van der Waals surface area contributed by atoms with Crippen LogP contribution in [-0.4, -0.2) is 44.4 Å². The highest BCUT2D eigenvalue weighted by Crippen LogP contribution is 2.17. The van der Waals surface area contributed by atoms with Crippen molar-refractivity contribution in [2.45, 2.75) is 45.2 Å². The number of carbonyl (C=O) groups is 2. The van der Waals surface area contributed by atoms with Crippen LogP contribution < -0.4 is 5.32 Å². The van der Waals surface area contributed by atoms with Gasteiger partial charge in [0.05, 0.1) is 5.69 Å². The molecule has 1 aliphatic rings. The van der Waals surface area contributed by atoms with Crippen molar-refractivity contribution < 1.29 is 14.7 Å². The summed E-state index contributed by atoms with van der Waals surface area (Å²) >= 11 is 0. The maximum absolute atomic E-state index is 12.3. The first kappa shape index (κ1) is 15.3. The lowest BCUT2D eigenvalue weighted by molar-refractivity contribution is -0.142. The molecular formula is C14H22N4O3. The van der Waals surface area contributed by atoms with Crippen molar-refractivity contribution in [3.63, 3.8) is 0 Å². The molecule has 21 heavy (non-hydrogen) atoms. The van der Waals surface area contributed by atoms with Crippen molar-refractivity contribution in [1.29, 1.82) is 0 Å². The van der Waals surface area contributed by atoms with E-state index in [0.29, 0.717) is 19.5 Å². The number of carboxylic acid groups (broad SMARTS) is 1. The SMILES string of the molecule is Cc1nn(C)cc1CNC(=O)N1CCCCCC1C(=O)O. The highest BCUT2D eigenvalue weighted by Gasteiger charge is 2.30. The summed E-state index contributed by atoms with van der Waals surface area (Å²) in [4.78, 5) is 25.0. The molecule has 0 radical (unpaired) electrons. The van der Waals surface area contributed by atoms with E-state index in [1.807, 2.05) is 20.2 Å². The Morgan fingerprint density at radius 1 is 1.43 bits per heavy atom. The number of aromatic nitrogens is 2. The number of nitrogens with zero attached hydrogens (tertiary/aromatic N) is 3. The summed E-state index contributed by atoms with van der Waals surface area (Å²) in [6.07, 6.45) is 5.04. The lowest BCUT2D eigenvalue weighted by atomic mass is 10.1. The second-order valence-corrected chi connectivity index (χ2v) is 5.47. The molecule has 1 aromatic heterocycles.